The molecule has 3 nitrogen and oxygen atoms in total. The first-order chi connectivity index (χ1) is 8.98. The zero-order valence-electron chi connectivity index (χ0n) is 12.2. The third kappa shape index (κ3) is 4.19. The molecule has 0 aliphatic heterocycles. The first-order valence-electron chi connectivity index (χ1n) is 7.93. The minimum atomic E-state index is -2.89. The Balaban J connectivity index is 1.96. The van der Waals surface area contributed by atoms with E-state index in [-0.39, 0.29) is 11.3 Å². The molecule has 19 heavy (non-hydrogen) atoms. The van der Waals surface area contributed by atoms with E-state index in [4.69, 9.17) is 5.73 Å². The molecule has 2 N–H and O–H groups in total. The maximum atomic E-state index is 11.7. The summed E-state index contributed by atoms with van der Waals surface area (Å²) < 4.78 is 23.5. The standard InChI is InChI=1S/C15H29NO2S/c1-19(17,18)14-10-6-9-13(11-14)15(16)12-7-4-2-3-5-8-12/h12-15H,2-11,16H2,1H3. The summed E-state index contributed by atoms with van der Waals surface area (Å²) in [6.45, 7) is 0. The summed E-state index contributed by atoms with van der Waals surface area (Å²) in [7, 11) is -2.89. The van der Waals surface area contributed by atoms with E-state index in [0.717, 1.165) is 25.7 Å². The highest BCUT2D eigenvalue weighted by molar-refractivity contribution is 7.91. The van der Waals surface area contributed by atoms with Crippen LogP contribution in [0.25, 0.3) is 0 Å². The van der Waals surface area contributed by atoms with Gasteiger partial charge >= 0.3 is 0 Å². The van der Waals surface area contributed by atoms with Crippen molar-refractivity contribution in [1.29, 1.82) is 0 Å². The molecule has 2 fully saturated rings. The van der Waals surface area contributed by atoms with Gasteiger partial charge < -0.3 is 5.73 Å². The van der Waals surface area contributed by atoms with Gasteiger partial charge in [0.25, 0.3) is 0 Å². The lowest BCUT2D eigenvalue weighted by molar-refractivity contribution is 0.229. The lowest BCUT2D eigenvalue weighted by Gasteiger charge is -2.35. The molecule has 2 saturated carbocycles. The van der Waals surface area contributed by atoms with Crippen LogP contribution in [0, 0.1) is 11.8 Å². The van der Waals surface area contributed by atoms with Gasteiger partial charge in [-0.15, -0.1) is 0 Å². The van der Waals surface area contributed by atoms with E-state index in [1.165, 1.54) is 44.8 Å². The Morgan fingerprint density at radius 3 is 2.05 bits per heavy atom. The number of hydrogen-bond acceptors (Lipinski definition) is 3. The lowest BCUT2D eigenvalue weighted by Crippen LogP contribution is -2.42. The van der Waals surface area contributed by atoms with Gasteiger partial charge in [0, 0.05) is 12.3 Å². The van der Waals surface area contributed by atoms with Gasteiger partial charge in [-0.05, 0) is 43.9 Å². The molecule has 4 heteroatoms. The van der Waals surface area contributed by atoms with Gasteiger partial charge in [0.1, 0.15) is 9.84 Å². The van der Waals surface area contributed by atoms with Crippen molar-refractivity contribution in [3.8, 4) is 0 Å². The maximum Gasteiger partial charge on any atom is 0.150 e. The van der Waals surface area contributed by atoms with Gasteiger partial charge in [-0.2, -0.15) is 0 Å². The molecule has 0 aromatic heterocycles. The monoisotopic (exact) mass is 287 g/mol. The maximum absolute atomic E-state index is 11.7. The van der Waals surface area contributed by atoms with Crippen LogP contribution in [0.5, 0.6) is 0 Å². The summed E-state index contributed by atoms with van der Waals surface area (Å²) >= 11 is 0. The SMILES string of the molecule is CS(=O)(=O)C1CCCC(C(N)C2CCCCCC2)C1. The van der Waals surface area contributed by atoms with E-state index in [0.29, 0.717) is 11.8 Å². The van der Waals surface area contributed by atoms with Crippen molar-refractivity contribution >= 4 is 9.84 Å². The van der Waals surface area contributed by atoms with E-state index in [1.54, 1.807) is 0 Å². The Bertz CT molecular complexity index is 372. The highest BCUT2D eigenvalue weighted by atomic mass is 32.2. The molecule has 3 atom stereocenters. The molecule has 0 heterocycles. The topological polar surface area (TPSA) is 60.2 Å². The second kappa shape index (κ2) is 6.57. The zero-order chi connectivity index (χ0) is 13.9. The van der Waals surface area contributed by atoms with Crippen LogP contribution in [-0.4, -0.2) is 26.0 Å². The highest BCUT2D eigenvalue weighted by Gasteiger charge is 2.34. The van der Waals surface area contributed by atoms with Crippen LogP contribution in [0.4, 0.5) is 0 Å². The summed E-state index contributed by atoms with van der Waals surface area (Å²) in [4.78, 5) is 0. The van der Waals surface area contributed by atoms with Crippen molar-refractivity contribution in [2.45, 2.75) is 75.5 Å². The van der Waals surface area contributed by atoms with Crippen LogP contribution in [0.2, 0.25) is 0 Å². The van der Waals surface area contributed by atoms with Gasteiger partial charge in [0.05, 0.1) is 5.25 Å². The fourth-order valence-electron chi connectivity index (χ4n) is 4.00. The largest absolute Gasteiger partial charge is 0.327 e. The molecule has 0 spiro atoms. The highest BCUT2D eigenvalue weighted by Crippen LogP contribution is 2.35. The van der Waals surface area contributed by atoms with Crippen LogP contribution in [0.1, 0.15) is 64.2 Å². The lowest BCUT2D eigenvalue weighted by atomic mass is 9.76. The minimum Gasteiger partial charge on any atom is -0.327 e. The van der Waals surface area contributed by atoms with Gasteiger partial charge in [-0.3, -0.25) is 0 Å². The molecule has 0 bridgehead atoms. The van der Waals surface area contributed by atoms with Crippen molar-refractivity contribution in [3.63, 3.8) is 0 Å². The van der Waals surface area contributed by atoms with Crippen molar-refractivity contribution in [2.75, 3.05) is 6.26 Å². The average Bonchev–Trinajstić information content (AvgIpc) is 2.66. The number of rotatable bonds is 3. The summed E-state index contributed by atoms with van der Waals surface area (Å²) in [5.41, 5.74) is 6.50. The molecule has 2 rings (SSSR count). The molecule has 0 aromatic carbocycles. The molecule has 0 saturated heterocycles. The molecular weight excluding hydrogens is 258 g/mol. The van der Waals surface area contributed by atoms with Crippen LogP contribution in [-0.2, 0) is 9.84 Å². The second-order valence-electron chi connectivity index (χ2n) is 6.71. The quantitative estimate of drug-likeness (QED) is 0.812. The van der Waals surface area contributed by atoms with E-state index in [1.807, 2.05) is 0 Å². The summed E-state index contributed by atoms with van der Waals surface area (Å²) in [5, 5.41) is -0.136. The second-order valence-corrected chi connectivity index (χ2v) is 9.03. The van der Waals surface area contributed by atoms with Gasteiger partial charge in [-0.25, -0.2) is 8.42 Å². The molecule has 0 radical (unpaired) electrons. The third-order valence-electron chi connectivity index (χ3n) is 5.26. The number of sulfone groups is 1. The molecule has 2 aliphatic rings. The predicted octanol–water partition coefficient (Wildman–Crippen LogP) is 2.89. The average molecular weight is 287 g/mol. The fraction of sp³-hybridized carbons (Fsp3) is 1.00. The Labute approximate surface area is 118 Å². The van der Waals surface area contributed by atoms with E-state index < -0.39 is 9.84 Å². The molecule has 112 valence electrons. The zero-order valence-corrected chi connectivity index (χ0v) is 13.0. The minimum absolute atomic E-state index is 0.136. The van der Waals surface area contributed by atoms with Crippen LogP contribution in [0.15, 0.2) is 0 Å². The first kappa shape index (κ1) is 15.3. The van der Waals surface area contributed by atoms with Crippen molar-refractivity contribution in [3.05, 3.63) is 0 Å². The molecule has 0 amide bonds. The van der Waals surface area contributed by atoms with Crippen molar-refractivity contribution in [2.24, 2.45) is 17.6 Å². The van der Waals surface area contributed by atoms with Gasteiger partial charge in [-0.1, -0.05) is 32.1 Å². The van der Waals surface area contributed by atoms with Crippen molar-refractivity contribution in [1.82, 2.24) is 0 Å². The van der Waals surface area contributed by atoms with Crippen LogP contribution < -0.4 is 5.73 Å². The molecular formula is C15H29NO2S. The summed E-state index contributed by atoms with van der Waals surface area (Å²) in [5.74, 6) is 1.06. The normalized spacial score (nSPS) is 32.7. The molecule has 2 aliphatic carbocycles. The van der Waals surface area contributed by atoms with E-state index in [2.05, 4.69) is 0 Å². The Kier molecular flexibility index (Phi) is 5.29. The Morgan fingerprint density at radius 1 is 0.895 bits per heavy atom. The summed E-state index contributed by atoms with van der Waals surface area (Å²) in [6.07, 6.45) is 13.0. The predicted molar refractivity (Wildman–Crippen MR) is 79.8 cm³/mol. The fourth-order valence-corrected chi connectivity index (χ4v) is 5.19. The van der Waals surface area contributed by atoms with E-state index in [9.17, 15) is 8.42 Å². The van der Waals surface area contributed by atoms with Crippen LogP contribution >= 0.6 is 0 Å². The van der Waals surface area contributed by atoms with Crippen LogP contribution in [0.3, 0.4) is 0 Å². The van der Waals surface area contributed by atoms with Crippen molar-refractivity contribution < 1.29 is 8.42 Å². The smallest absolute Gasteiger partial charge is 0.150 e. The molecule has 3 unspecified atom stereocenters. The third-order valence-corrected chi connectivity index (χ3v) is 6.90. The Morgan fingerprint density at radius 2 is 1.47 bits per heavy atom. The summed E-state index contributed by atoms with van der Waals surface area (Å²) in [6, 6.07) is 0.225. The van der Waals surface area contributed by atoms with Gasteiger partial charge in [0.15, 0.2) is 0 Å². The number of nitrogens with two attached hydrogens (primary N) is 1. The molecule has 0 aromatic rings. The Hall–Kier alpha value is -0.0900. The first-order valence-corrected chi connectivity index (χ1v) is 9.88. The van der Waals surface area contributed by atoms with Gasteiger partial charge in [0.2, 0.25) is 0 Å². The van der Waals surface area contributed by atoms with E-state index >= 15 is 0 Å². The number of hydrogen-bond donors (Lipinski definition) is 1.